The van der Waals surface area contributed by atoms with Crippen molar-refractivity contribution in [3.63, 3.8) is 0 Å². The van der Waals surface area contributed by atoms with Crippen LogP contribution in [0.4, 0.5) is 4.79 Å². The number of carbonyl (C=O) groups is 2. The van der Waals surface area contributed by atoms with Gasteiger partial charge in [-0.25, -0.2) is 10.2 Å². The lowest BCUT2D eigenvalue weighted by Crippen LogP contribution is -2.50. The maximum atomic E-state index is 11.5. The molecule has 0 rings (SSSR count). The Hall–Kier alpha value is -1.56. The van der Waals surface area contributed by atoms with E-state index in [0.29, 0.717) is 19.6 Å². The highest BCUT2D eigenvalue weighted by molar-refractivity contribution is 5.83. The van der Waals surface area contributed by atoms with E-state index in [4.69, 9.17) is 4.74 Å². The first-order valence-corrected chi connectivity index (χ1v) is 6.68. The van der Waals surface area contributed by atoms with E-state index in [9.17, 15) is 9.59 Å². The fourth-order valence-electron chi connectivity index (χ4n) is 1.24. The number of hydrazine groups is 1. The molecule has 0 aliphatic carbocycles. The summed E-state index contributed by atoms with van der Waals surface area (Å²) in [5.41, 5.74) is 4.58. The molecule has 0 aromatic carbocycles. The van der Waals surface area contributed by atoms with Crippen LogP contribution in [0.1, 0.15) is 39.5 Å². The molecule has 6 nitrogen and oxygen atoms in total. The van der Waals surface area contributed by atoms with Gasteiger partial charge in [0.25, 0.3) is 5.91 Å². The second kappa shape index (κ2) is 11.5. The van der Waals surface area contributed by atoms with Crippen molar-refractivity contribution < 1.29 is 14.3 Å². The van der Waals surface area contributed by atoms with Crippen molar-refractivity contribution in [3.05, 3.63) is 12.7 Å². The molecule has 0 aromatic rings. The van der Waals surface area contributed by atoms with Gasteiger partial charge in [0.2, 0.25) is 0 Å². The third kappa shape index (κ3) is 10.1. The number of unbranched alkanes of at least 4 members (excludes halogenated alkanes) is 2. The third-order valence-electron chi connectivity index (χ3n) is 2.42. The molecule has 0 aliphatic heterocycles. The average molecular weight is 271 g/mol. The van der Waals surface area contributed by atoms with Gasteiger partial charge >= 0.3 is 6.03 Å². The SMILES string of the molecule is C=CCCOC(C)C(=O)NNC(=O)NCCCCC. The molecule has 0 saturated heterocycles. The molecule has 0 aliphatic rings. The average Bonchev–Trinajstić information content (AvgIpc) is 2.41. The van der Waals surface area contributed by atoms with Crippen LogP contribution in [0.25, 0.3) is 0 Å². The Balaban J connectivity index is 3.64. The van der Waals surface area contributed by atoms with Gasteiger partial charge in [0.1, 0.15) is 6.10 Å². The lowest BCUT2D eigenvalue weighted by Gasteiger charge is -2.13. The van der Waals surface area contributed by atoms with E-state index in [2.05, 4.69) is 29.7 Å². The number of nitrogens with one attached hydrogen (secondary N) is 3. The molecule has 110 valence electrons. The second-order valence-corrected chi connectivity index (χ2v) is 4.17. The Labute approximate surface area is 114 Å². The summed E-state index contributed by atoms with van der Waals surface area (Å²) in [4.78, 5) is 22.8. The van der Waals surface area contributed by atoms with Crippen molar-refractivity contribution >= 4 is 11.9 Å². The van der Waals surface area contributed by atoms with E-state index in [1.165, 1.54) is 0 Å². The number of hydrogen-bond acceptors (Lipinski definition) is 3. The van der Waals surface area contributed by atoms with Gasteiger partial charge in [-0.3, -0.25) is 10.2 Å². The topological polar surface area (TPSA) is 79.5 Å². The maximum absolute atomic E-state index is 11.5. The Morgan fingerprint density at radius 2 is 2.05 bits per heavy atom. The largest absolute Gasteiger partial charge is 0.368 e. The van der Waals surface area contributed by atoms with Gasteiger partial charge < -0.3 is 10.1 Å². The number of carbonyl (C=O) groups excluding carboxylic acids is 2. The maximum Gasteiger partial charge on any atom is 0.333 e. The summed E-state index contributed by atoms with van der Waals surface area (Å²) in [5, 5.41) is 2.65. The fraction of sp³-hybridized carbons (Fsp3) is 0.692. The summed E-state index contributed by atoms with van der Waals surface area (Å²) in [6, 6.07) is -0.414. The van der Waals surface area contributed by atoms with E-state index in [-0.39, 0.29) is 5.91 Å². The molecular formula is C13H25N3O3. The quantitative estimate of drug-likeness (QED) is 0.338. The van der Waals surface area contributed by atoms with E-state index >= 15 is 0 Å². The molecule has 1 atom stereocenters. The number of urea groups is 1. The number of rotatable bonds is 9. The van der Waals surface area contributed by atoms with Crippen molar-refractivity contribution in [2.24, 2.45) is 0 Å². The molecule has 0 saturated carbocycles. The lowest BCUT2D eigenvalue weighted by atomic mass is 10.2. The van der Waals surface area contributed by atoms with Crippen LogP contribution in [0.15, 0.2) is 12.7 Å². The van der Waals surface area contributed by atoms with Crippen LogP contribution in [-0.4, -0.2) is 31.2 Å². The van der Waals surface area contributed by atoms with Crippen molar-refractivity contribution in [1.29, 1.82) is 0 Å². The minimum atomic E-state index is -0.611. The van der Waals surface area contributed by atoms with Gasteiger partial charge in [-0.1, -0.05) is 25.8 Å². The first-order valence-electron chi connectivity index (χ1n) is 6.68. The predicted octanol–water partition coefficient (Wildman–Crippen LogP) is 1.49. The van der Waals surface area contributed by atoms with Crippen LogP contribution >= 0.6 is 0 Å². The predicted molar refractivity (Wildman–Crippen MR) is 74.4 cm³/mol. The van der Waals surface area contributed by atoms with E-state index in [1.54, 1.807) is 13.0 Å². The molecule has 19 heavy (non-hydrogen) atoms. The summed E-state index contributed by atoms with van der Waals surface area (Å²) < 4.78 is 5.23. The molecule has 3 N–H and O–H groups in total. The first-order chi connectivity index (χ1) is 9.11. The highest BCUT2D eigenvalue weighted by atomic mass is 16.5. The molecule has 0 heterocycles. The molecule has 3 amide bonds. The molecule has 0 spiro atoms. The lowest BCUT2D eigenvalue weighted by molar-refractivity contribution is -0.132. The number of amides is 3. The van der Waals surface area contributed by atoms with Crippen molar-refractivity contribution in [1.82, 2.24) is 16.2 Å². The summed E-state index contributed by atoms with van der Waals surface area (Å²) in [6.07, 6.45) is 4.88. The van der Waals surface area contributed by atoms with Crippen molar-refractivity contribution in [3.8, 4) is 0 Å². The highest BCUT2D eigenvalue weighted by Crippen LogP contribution is 1.93. The first kappa shape index (κ1) is 17.4. The second-order valence-electron chi connectivity index (χ2n) is 4.17. The fourth-order valence-corrected chi connectivity index (χ4v) is 1.24. The summed E-state index contributed by atoms with van der Waals surface area (Å²) >= 11 is 0. The molecule has 6 heteroatoms. The molecule has 0 fully saturated rings. The summed E-state index contributed by atoms with van der Waals surface area (Å²) in [7, 11) is 0. The third-order valence-corrected chi connectivity index (χ3v) is 2.42. The number of hydrogen-bond donors (Lipinski definition) is 3. The Morgan fingerprint density at radius 1 is 1.32 bits per heavy atom. The molecule has 0 aromatic heterocycles. The van der Waals surface area contributed by atoms with Crippen LogP contribution in [0.3, 0.4) is 0 Å². The Kier molecular flexibility index (Phi) is 10.6. The Morgan fingerprint density at radius 3 is 2.68 bits per heavy atom. The van der Waals surface area contributed by atoms with Crippen LogP contribution < -0.4 is 16.2 Å². The van der Waals surface area contributed by atoms with Gasteiger partial charge in [-0.2, -0.15) is 0 Å². The van der Waals surface area contributed by atoms with Crippen LogP contribution in [0, 0.1) is 0 Å². The number of ether oxygens (including phenoxy) is 1. The minimum absolute atomic E-state index is 0.382. The van der Waals surface area contributed by atoms with Crippen molar-refractivity contribution in [2.75, 3.05) is 13.2 Å². The monoisotopic (exact) mass is 271 g/mol. The Bertz CT molecular complexity index is 282. The van der Waals surface area contributed by atoms with Gasteiger partial charge in [-0.15, -0.1) is 6.58 Å². The standard InChI is InChI=1S/C13H25N3O3/c1-4-6-8-9-14-13(18)16-15-12(17)11(3)19-10-7-5-2/h5,11H,2,4,6-10H2,1,3H3,(H,15,17)(H2,14,16,18). The van der Waals surface area contributed by atoms with E-state index in [1.807, 2.05) is 0 Å². The molecule has 0 radical (unpaired) electrons. The summed E-state index contributed by atoms with van der Waals surface area (Å²) in [5.74, 6) is -0.382. The highest BCUT2D eigenvalue weighted by Gasteiger charge is 2.13. The van der Waals surface area contributed by atoms with Gasteiger partial charge in [0.05, 0.1) is 6.61 Å². The minimum Gasteiger partial charge on any atom is -0.368 e. The van der Waals surface area contributed by atoms with Gasteiger partial charge in [-0.05, 0) is 19.8 Å². The molecule has 1 unspecified atom stereocenters. The van der Waals surface area contributed by atoms with Gasteiger partial charge in [0.15, 0.2) is 0 Å². The zero-order chi connectivity index (χ0) is 14.5. The van der Waals surface area contributed by atoms with E-state index < -0.39 is 12.1 Å². The zero-order valence-electron chi connectivity index (χ0n) is 11.8. The molecule has 0 bridgehead atoms. The van der Waals surface area contributed by atoms with E-state index in [0.717, 1.165) is 19.3 Å². The smallest absolute Gasteiger partial charge is 0.333 e. The van der Waals surface area contributed by atoms with Crippen LogP contribution in [0.2, 0.25) is 0 Å². The summed E-state index contributed by atoms with van der Waals surface area (Å²) in [6.45, 7) is 8.30. The van der Waals surface area contributed by atoms with Gasteiger partial charge in [0, 0.05) is 6.54 Å². The normalized spacial score (nSPS) is 11.5. The van der Waals surface area contributed by atoms with Crippen LogP contribution in [-0.2, 0) is 9.53 Å². The van der Waals surface area contributed by atoms with Crippen LogP contribution in [0.5, 0.6) is 0 Å². The molecular weight excluding hydrogens is 246 g/mol. The zero-order valence-corrected chi connectivity index (χ0v) is 11.8. The van der Waals surface area contributed by atoms with Crippen molar-refractivity contribution in [2.45, 2.75) is 45.6 Å².